The minimum atomic E-state index is -0.220. The van der Waals surface area contributed by atoms with Crippen molar-refractivity contribution in [3.8, 4) is 10.6 Å². The predicted octanol–water partition coefficient (Wildman–Crippen LogP) is 3.61. The molecule has 112 valence electrons. The van der Waals surface area contributed by atoms with Crippen LogP contribution in [0.3, 0.4) is 0 Å². The number of rotatable bonds is 4. The van der Waals surface area contributed by atoms with Crippen molar-refractivity contribution in [2.24, 2.45) is 0 Å². The monoisotopic (exact) mass is 306 g/mol. The third kappa shape index (κ3) is 3.67. The van der Waals surface area contributed by atoms with Gasteiger partial charge in [0.1, 0.15) is 10.8 Å². The average molecular weight is 306 g/mol. The van der Waals surface area contributed by atoms with Crippen molar-refractivity contribution in [3.63, 3.8) is 0 Å². The molecule has 1 aliphatic rings. The molecule has 2 heterocycles. The molecule has 1 aromatic carbocycles. The summed E-state index contributed by atoms with van der Waals surface area (Å²) in [5, 5.41) is 6.53. The van der Waals surface area contributed by atoms with Gasteiger partial charge in [0.15, 0.2) is 0 Å². The highest BCUT2D eigenvalue weighted by molar-refractivity contribution is 7.13. The van der Waals surface area contributed by atoms with E-state index in [1.165, 1.54) is 12.1 Å². The van der Waals surface area contributed by atoms with E-state index in [9.17, 15) is 4.39 Å². The summed E-state index contributed by atoms with van der Waals surface area (Å²) in [6.45, 7) is 4.54. The first-order valence-electron chi connectivity index (χ1n) is 7.18. The fourth-order valence-electron chi connectivity index (χ4n) is 2.49. The second-order valence-electron chi connectivity index (χ2n) is 5.72. The van der Waals surface area contributed by atoms with Crippen LogP contribution in [0.25, 0.3) is 10.6 Å². The lowest BCUT2D eigenvalue weighted by Gasteiger charge is -2.34. The van der Waals surface area contributed by atoms with Gasteiger partial charge in [0.2, 0.25) is 0 Å². The van der Waals surface area contributed by atoms with Gasteiger partial charge in [0.05, 0.1) is 12.3 Å². The van der Waals surface area contributed by atoms with Crippen LogP contribution >= 0.6 is 11.3 Å². The molecule has 0 saturated carbocycles. The van der Waals surface area contributed by atoms with E-state index in [2.05, 4.69) is 22.6 Å². The lowest BCUT2D eigenvalue weighted by Crippen LogP contribution is -2.48. The Morgan fingerprint density at radius 3 is 2.90 bits per heavy atom. The van der Waals surface area contributed by atoms with Crippen molar-refractivity contribution in [1.82, 2.24) is 10.3 Å². The molecule has 2 aromatic rings. The van der Waals surface area contributed by atoms with Crippen LogP contribution in [0.4, 0.5) is 4.39 Å². The molecule has 3 nitrogen and oxygen atoms in total. The number of benzene rings is 1. The van der Waals surface area contributed by atoms with Crippen molar-refractivity contribution in [2.75, 3.05) is 13.2 Å². The Morgan fingerprint density at radius 1 is 1.38 bits per heavy atom. The number of hydrogen-bond acceptors (Lipinski definition) is 4. The molecule has 1 atom stereocenters. The van der Waals surface area contributed by atoms with Crippen molar-refractivity contribution < 1.29 is 9.13 Å². The molecule has 0 radical (unpaired) electrons. The molecule has 1 fully saturated rings. The van der Waals surface area contributed by atoms with Gasteiger partial charge < -0.3 is 10.1 Å². The van der Waals surface area contributed by atoms with Gasteiger partial charge in [-0.05, 0) is 44.0 Å². The van der Waals surface area contributed by atoms with E-state index in [0.29, 0.717) is 0 Å². The first kappa shape index (κ1) is 14.6. The molecular weight excluding hydrogens is 287 g/mol. The molecule has 5 heteroatoms. The Bertz CT molecular complexity index is 591. The molecule has 3 rings (SSSR count). The summed E-state index contributed by atoms with van der Waals surface area (Å²) in [6, 6.07) is 6.47. The zero-order valence-electron chi connectivity index (χ0n) is 12.1. The highest BCUT2D eigenvalue weighted by Crippen LogP contribution is 2.25. The molecule has 21 heavy (non-hydrogen) atoms. The Kier molecular flexibility index (Phi) is 4.33. The van der Waals surface area contributed by atoms with E-state index >= 15 is 0 Å². The molecule has 0 amide bonds. The van der Waals surface area contributed by atoms with Gasteiger partial charge in [0, 0.05) is 29.6 Å². The molecule has 0 spiro atoms. The SMILES string of the molecule is CC1(NCc2csc(-c3ccc(F)cc3)n2)CCCOC1. The van der Waals surface area contributed by atoms with Crippen molar-refractivity contribution in [3.05, 3.63) is 41.2 Å². The third-order valence-corrected chi connectivity index (χ3v) is 4.72. The van der Waals surface area contributed by atoms with Crippen LogP contribution in [0.2, 0.25) is 0 Å². The minimum Gasteiger partial charge on any atom is -0.380 e. The van der Waals surface area contributed by atoms with Crippen molar-refractivity contribution in [2.45, 2.75) is 31.8 Å². The summed E-state index contributed by atoms with van der Waals surface area (Å²) in [4.78, 5) is 4.62. The van der Waals surface area contributed by atoms with E-state index in [1.807, 2.05) is 0 Å². The number of nitrogens with one attached hydrogen (secondary N) is 1. The number of ether oxygens (including phenoxy) is 1. The van der Waals surface area contributed by atoms with Crippen LogP contribution in [0, 0.1) is 5.82 Å². The maximum absolute atomic E-state index is 12.9. The number of thiazole rings is 1. The summed E-state index contributed by atoms with van der Waals surface area (Å²) in [5.41, 5.74) is 2.02. The molecule has 1 saturated heterocycles. The topological polar surface area (TPSA) is 34.2 Å². The number of hydrogen-bond donors (Lipinski definition) is 1. The van der Waals surface area contributed by atoms with E-state index < -0.39 is 0 Å². The van der Waals surface area contributed by atoms with Gasteiger partial charge in [-0.3, -0.25) is 0 Å². The van der Waals surface area contributed by atoms with Crippen molar-refractivity contribution in [1.29, 1.82) is 0 Å². The van der Waals surface area contributed by atoms with Gasteiger partial charge in [-0.15, -0.1) is 11.3 Å². The largest absolute Gasteiger partial charge is 0.380 e. The zero-order valence-corrected chi connectivity index (χ0v) is 12.9. The van der Waals surface area contributed by atoms with E-state index in [-0.39, 0.29) is 11.4 Å². The van der Waals surface area contributed by atoms with Gasteiger partial charge in [-0.1, -0.05) is 0 Å². The van der Waals surface area contributed by atoms with Crippen LogP contribution in [0.5, 0.6) is 0 Å². The Hall–Kier alpha value is -1.30. The predicted molar refractivity (Wildman–Crippen MR) is 82.8 cm³/mol. The highest BCUT2D eigenvalue weighted by atomic mass is 32.1. The smallest absolute Gasteiger partial charge is 0.123 e. The maximum Gasteiger partial charge on any atom is 0.123 e. The van der Waals surface area contributed by atoms with Gasteiger partial charge in [-0.2, -0.15) is 0 Å². The number of aromatic nitrogens is 1. The Labute approximate surface area is 128 Å². The lowest BCUT2D eigenvalue weighted by atomic mass is 9.95. The summed E-state index contributed by atoms with van der Waals surface area (Å²) < 4.78 is 18.5. The zero-order chi connectivity index (χ0) is 14.7. The van der Waals surface area contributed by atoms with Gasteiger partial charge in [-0.25, -0.2) is 9.37 Å². The molecule has 0 aliphatic carbocycles. The highest BCUT2D eigenvalue weighted by Gasteiger charge is 2.26. The summed E-state index contributed by atoms with van der Waals surface area (Å²) in [6.07, 6.45) is 2.23. The second kappa shape index (κ2) is 6.22. The van der Waals surface area contributed by atoms with E-state index in [1.54, 1.807) is 23.5 Å². The average Bonchev–Trinajstić information content (AvgIpc) is 2.96. The first-order chi connectivity index (χ1) is 10.1. The fraction of sp³-hybridized carbons (Fsp3) is 0.438. The third-order valence-electron chi connectivity index (χ3n) is 3.78. The lowest BCUT2D eigenvalue weighted by molar-refractivity contribution is 0.0276. The van der Waals surface area contributed by atoms with Crippen LogP contribution in [-0.4, -0.2) is 23.7 Å². The summed E-state index contributed by atoms with van der Waals surface area (Å²) in [7, 11) is 0. The normalized spacial score (nSPS) is 22.4. The quantitative estimate of drug-likeness (QED) is 0.937. The molecular formula is C16H19FN2OS. The molecule has 1 aliphatic heterocycles. The summed E-state index contributed by atoms with van der Waals surface area (Å²) in [5.74, 6) is -0.220. The minimum absolute atomic E-state index is 0.0396. The van der Waals surface area contributed by atoms with E-state index in [4.69, 9.17) is 4.74 Å². The van der Waals surface area contributed by atoms with Crippen LogP contribution < -0.4 is 5.32 Å². The molecule has 0 bridgehead atoms. The maximum atomic E-state index is 12.9. The summed E-state index contributed by atoms with van der Waals surface area (Å²) >= 11 is 1.59. The van der Waals surface area contributed by atoms with Crippen LogP contribution in [0.1, 0.15) is 25.5 Å². The van der Waals surface area contributed by atoms with Gasteiger partial charge >= 0.3 is 0 Å². The first-order valence-corrected chi connectivity index (χ1v) is 8.06. The Balaban J connectivity index is 1.63. The van der Waals surface area contributed by atoms with Gasteiger partial charge in [0.25, 0.3) is 0 Å². The van der Waals surface area contributed by atoms with Crippen LogP contribution in [-0.2, 0) is 11.3 Å². The van der Waals surface area contributed by atoms with E-state index in [0.717, 1.165) is 48.9 Å². The van der Waals surface area contributed by atoms with Crippen LogP contribution in [0.15, 0.2) is 29.6 Å². The molecule has 1 aromatic heterocycles. The number of nitrogens with zero attached hydrogens (tertiary/aromatic N) is 1. The molecule has 1 unspecified atom stereocenters. The second-order valence-corrected chi connectivity index (χ2v) is 6.58. The van der Waals surface area contributed by atoms with Crippen molar-refractivity contribution >= 4 is 11.3 Å². The fourth-order valence-corrected chi connectivity index (χ4v) is 3.32. The molecule has 1 N–H and O–H groups in total. The Morgan fingerprint density at radius 2 is 2.19 bits per heavy atom. The number of halogens is 1. The standard InChI is InChI=1S/C16H19FN2OS/c1-16(7-2-8-20-11-16)18-9-14-10-21-15(19-14)12-3-5-13(17)6-4-12/h3-6,10,18H,2,7-9,11H2,1H3.